The third-order valence-electron chi connectivity index (χ3n) is 5.31. The second-order valence-corrected chi connectivity index (χ2v) is 7.61. The summed E-state index contributed by atoms with van der Waals surface area (Å²) in [5.74, 6) is -3.08. The SMILES string of the molecule is O=C(O)CNC(=O)[C@H](Cc1ccccc1)NC(=O)CNC(=O)[C@@H]1CCO[C@H]2CCC(=O)N21. The summed E-state index contributed by atoms with van der Waals surface area (Å²) in [6, 6.07) is 7.21. The molecular weight excluding hydrogens is 420 g/mol. The number of hydrogen-bond acceptors (Lipinski definition) is 6. The topological polar surface area (TPSA) is 154 Å². The van der Waals surface area contributed by atoms with Crippen molar-refractivity contribution in [2.45, 2.75) is 44.0 Å². The van der Waals surface area contributed by atoms with Crippen molar-refractivity contribution < 1.29 is 33.8 Å². The first-order chi connectivity index (χ1) is 15.3. The fraction of sp³-hybridized carbons (Fsp3) is 0.476. The normalized spacial score (nSPS) is 20.8. The van der Waals surface area contributed by atoms with E-state index in [1.54, 1.807) is 24.3 Å². The van der Waals surface area contributed by atoms with E-state index in [0.29, 0.717) is 25.9 Å². The van der Waals surface area contributed by atoms with Gasteiger partial charge in [0.1, 0.15) is 24.9 Å². The summed E-state index contributed by atoms with van der Waals surface area (Å²) in [4.78, 5) is 61.7. The van der Waals surface area contributed by atoms with E-state index in [0.717, 1.165) is 5.56 Å². The van der Waals surface area contributed by atoms with E-state index in [-0.39, 0.29) is 18.9 Å². The number of aliphatic carboxylic acids is 1. The van der Waals surface area contributed by atoms with Crippen LogP contribution in [0.5, 0.6) is 0 Å². The highest BCUT2D eigenvalue weighted by molar-refractivity contribution is 5.93. The fourth-order valence-corrected chi connectivity index (χ4v) is 3.80. The number of carbonyl (C=O) groups is 5. The maximum absolute atomic E-state index is 12.6. The second-order valence-electron chi connectivity index (χ2n) is 7.61. The van der Waals surface area contributed by atoms with Crippen LogP contribution in [0.1, 0.15) is 24.8 Å². The van der Waals surface area contributed by atoms with Gasteiger partial charge in [0.15, 0.2) is 0 Å². The van der Waals surface area contributed by atoms with Gasteiger partial charge in [-0.05, 0) is 5.56 Å². The van der Waals surface area contributed by atoms with Gasteiger partial charge < -0.3 is 30.7 Å². The number of carboxylic acids is 1. The lowest BCUT2D eigenvalue weighted by Gasteiger charge is -2.36. The third kappa shape index (κ3) is 6.03. The highest BCUT2D eigenvalue weighted by Crippen LogP contribution is 2.27. The zero-order valence-corrected chi connectivity index (χ0v) is 17.4. The lowest BCUT2D eigenvalue weighted by atomic mass is 10.1. The molecule has 2 fully saturated rings. The Bertz CT molecular complexity index is 876. The van der Waals surface area contributed by atoms with Gasteiger partial charge in [-0.15, -0.1) is 0 Å². The molecule has 4 amide bonds. The van der Waals surface area contributed by atoms with Gasteiger partial charge in [0.05, 0.1) is 13.2 Å². The van der Waals surface area contributed by atoms with E-state index >= 15 is 0 Å². The first-order valence-electron chi connectivity index (χ1n) is 10.4. The summed E-state index contributed by atoms with van der Waals surface area (Å²) in [5.41, 5.74) is 0.771. The van der Waals surface area contributed by atoms with Crippen LogP contribution < -0.4 is 16.0 Å². The number of carbonyl (C=O) groups excluding carboxylic acids is 4. The Morgan fingerprint density at radius 1 is 1.09 bits per heavy atom. The quantitative estimate of drug-likeness (QED) is 0.370. The number of carboxylic acid groups (broad SMARTS) is 1. The van der Waals surface area contributed by atoms with Crippen molar-refractivity contribution >= 4 is 29.6 Å². The van der Waals surface area contributed by atoms with Gasteiger partial charge in [-0.25, -0.2) is 0 Å². The average Bonchev–Trinajstić information content (AvgIpc) is 3.17. The van der Waals surface area contributed by atoms with Gasteiger partial charge in [0.2, 0.25) is 23.6 Å². The molecule has 2 aliphatic rings. The molecule has 1 aromatic rings. The summed E-state index contributed by atoms with van der Waals surface area (Å²) in [6.45, 7) is -0.618. The molecule has 2 saturated heterocycles. The molecule has 2 aliphatic heterocycles. The van der Waals surface area contributed by atoms with Crippen LogP contribution in [0, 0.1) is 0 Å². The molecule has 3 rings (SSSR count). The largest absolute Gasteiger partial charge is 0.480 e. The molecule has 11 nitrogen and oxygen atoms in total. The van der Waals surface area contributed by atoms with E-state index in [2.05, 4.69) is 16.0 Å². The van der Waals surface area contributed by atoms with Crippen LogP contribution in [0.25, 0.3) is 0 Å². The summed E-state index contributed by atoms with van der Waals surface area (Å²) in [6.07, 6.45) is 0.936. The number of hydrogen-bond donors (Lipinski definition) is 4. The van der Waals surface area contributed by atoms with Gasteiger partial charge in [-0.3, -0.25) is 24.0 Å². The summed E-state index contributed by atoms with van der Waals surface area (Å²) < 4.78 is 5.51. The number of nitrogens with one attached hydrogen (secondary N) is 3. The maximum Gasteiger partial charge on any atom is 0.322 e. The minimum absolute atomic E-state index is 0.149. The van der Waals surface area contributed by atoms with Crippen LogP contribution in [-0.2, 0) is 35.1 Å². The number of nitrogens with zero attached hydrogens (tertiary/aromatic N) is 1. The number of ether oxygens (including phenoxy) is 1. The third-order valence-corrected chi connectivity index (χ3v) is 5.31. The molecule has 0 spiro atoms. The second kappa shape index (κ2) is 10.7. The fourth-order valence-electron chi connectivity index (χ4n) is 3.80. The molecule has 0 unspecified atom stereocenters. The maximum atomic E-state index is 12.6. The van der Waals surface area contributed by atoms with Crippen LogP contribution in [0.2, 0.25) is 0 Å². The van der Waals surface area contributed by atoms with E-state index in [9.17, 15) is 24.0 Å². The summed E-state index contributed by atoms with van der Waals surface area (Å²) >= 11 is 0. The van der Waals surface area contributed by atoms with Gasteiger partial charge in [-0.2, -0.15) is 0 Å². The zero-order chi connectivity index (χ0) is 23.1. The molecule has 4 N–H and O–H groups in total. The van der Waals surface area contributed by atoms with E-state index < -0.39 is 48.5 Å². The molecule has 0 saturated carbocycles. The highest BCUT2D eigenvalue weighted by atomic mass is 16.5. The average molecular weight is 446 g/mol. The molecule has 0 aromatic heterocycles. The standard InChI is InChI=1S/C21H26N4O7/c26-16(11-22-21(31)15-8-9-32-18-7-6-17(27)25(15)18)24-14(20(30)23-12-19(28)29)10-13-4-2-1-3-5-13/h1-5,14-15,18H,6-12H2,(H,22,31)(H,23,30)(H,24,26)(H,28,29)/t14-,15-,18-/m0/s1. The highest BCUT2D eigenvalue weighted by Gasteiger charge is 2.42. The molecule has 0 radical (unpaired) electrons. The van der Waals surface area contributed by atoms with Crippen molar-refractivity contribution in [3.63, 3.8) is 0 Å². The molecule has 1 aromatic carbocycles. The minimum Gasteiger partial charge on any atom is -0.480 e. The van der Waals surface area contributed by atoms with Crippen LogP contribution in [-0.4, -0.2) is 77.6 Å². The Labute approximate surface area is 184 Å². The number of fused-ring (bicyclic) bond motifs is 1. The van der Waals surface area contributed by atoms with Crippen LogP contribution in [0.15, 0.2) is 30.3 Å². The summed E-state index contributed by atoms with van der Waals surface area (Å²) in [5, 5.41) is 16.1. The summed E-state index contributed by atoms with van der Waals surface area (Å²) in [7, 11) is 0. The van der Waals surface area contributed by atoms with Crippen LogP contribution >= 0.6 is 0 Å². The Morgan fingerprint density at radius 2 is 1.84 bits per heavy atom. The number of benzene rings is 1. The molecule has 172 valence electrons. The Hall–Kier alpha value is -3.47. The molecule has 2 heterocycles. The van der Waals surface area contributed by atoms with Crippen molar-refractivity contribution in [1.82, 2.24) is 20.9 Å². The smallest absolute Gasteiger partial charge is 0.322 e. The van der Waals surface area contributed by atoms with Gasteiger partial charge >= 0.3 is 5.97 Å². The van der Waals surface area contributed by atoms with Crippen LogP contribution in [0.4, 0.5) is 0 Å². The van der Waals surface area contributed by atoms with Crippen molar-refractivity contribution in [3.8, 4) is 0 Å². The molecule has 0 aliphatic carbocycles. The lowest BCUT2D eigenvalue weighted by Crippen LogP contribution is -2.56. The first-order valence-corrected chi connectivity index (χ1v) is 10.4. The number of rotatable bonds is 9. The van der Waals surface area contributed by atoms with Crippen molar-refractivity contribution in [3.05, 3.63) is 35.9 Å². The molecular formula is C21H26N4O7. The molecule has 11 heteroatoms. The Balaban J connectivity index is 1.56. The van der Waals surface area contributed by atoms with Gasteiger partial charge in [0.25, 0.3) is 0 Å². The van der Waals surface area contributed by atoms with E-state index in [4.69, 9.17) is 9.84 Å². The predicted octanol–water partition coefficient (Wildman–Crippen LogP) is -1.23. The predicted molar refractivity (Wildman–Crippen MR) is 110 cm³/mol. The van der Waals surface area contributed by atoms with Crippen molar-refractivity contribution in [1.29, 1.82) is 0 Å². The Morgan fingerprint density at radius 3 is 2.56 bits per heavy atom. The number of amides is 4. The van der Waals surface area contributed by atoms with Gasteiger partial charge in [0, 0.05) is 25.7 Å². The minimum atomic E-state index is -1.21. The molecule has 32 heavy (non-hydrogen) atoms. The zero-order valence-electron chi connectivity index (χ0n) is 17.4. The van der Waals surface area contributed by atoms with E-state index in [1.807, 2.05) is 6.07 Å². The monoisotopic (exact) mass is 446 g/mol. The molecule has 3 atom stereocenters. The van der Waals surface area contributed by atoms with Crippen molar-refractivity contribution in [2.75, 3.05) is 19.7 Å². The Kier molecular flexibility index (Phi) is 7.77. The van der Waals surface area contributed by atoms with E-state index in [1.165, 1.54) is 4.90 Å². The lowest BCUT2D eigenvalue weighted by molar-refractivity contribution is -0.159. The molecule has 0 bridgehead atoms. The van der Waals surface area contributed by atoms with Crippen molar-refractivity contribution in [2.24, 2.45) is 0 Å². The van der Waals surface area contributed by atoms with Gasteiger partial charge in [-0.1, -0.05) is 30.3 Å². The first kappa shape index (κ1) is 23.2. The van der Waals surface area contributed by atoms with Crippen LogP contribution in [0.3, 0.4) is 0 Å².